The van der Waals surface area contributed by atoms with Gasteiger partial charge in [-0.25, -0.2) is 0 Å². The molecule has 1 rings (SSSR count). The van der Waals surface area contributed by atoms with Crippen molar-refractivity contribution in [3.05, 3.63) is 27.1 Å². The molecule has 0 bridgehead atoms. The van der Waals surface area contributed by atoms with E-state index in [2.05, 4.69) is 0 Å². The van der Waals surface area contributed by atoms with Crippen LogP contribution in [0.25, 0.3) is 0 Å². The summed E-state index contributed by atoms with van der Waals surface area (Å²) in [5, 5.41) is 10.3. The van der Waals surface area contributed by atoms with Crippen LogP contribution in [-0.4, -0.2) is 4.92 Å². The molecule has 0 saturated heterocycles. The molecule has 3 nitrogen and oxygen atoms in total. The van der Waals surface area contributed by atoms with E-state index in [0.29, 0.717) is 5.88 Å². The highest BCUT2D eigenvalue weighted by Gasteiger charge is 2.07. The van der Waals surface area contributed by atoms with E-state index in [4.69, 9.17) is 11.6 Å². The zero-order valence-electron chi connectivity index (χ0n) is 4.91. The Morgan fingerprint density at radius 3 is 2.70 bits per heavy atom. The molecule has 5 heteroatoms. The van der Waals surface area contributed by atoms with Crippen molar-refractivity contribution in [2.24, 2.45) is 0 Å². The molecule has 1 aromatic heterocycles. The number of rotatable bonds is 2. The van der Waals surface area contributed by atoms with E-state index in [0.717, 1.165) is 16.2 Å². The Morgan fingerprint density at radius 2 is 2.40 bits per heavy atom. The van der Waals surface area contributed by atoms with Crippen LogP contribution < -0.4 is 0 Å². The van der Waals surface area contributed by atoms with Crippen LogP contribution in [0.2, 0.25) is 0 Å². The van der Waals surface area contributed by atoms with Crippen molar-refractivity contribution in [2.75, 3.05) is 0 Å². The molecule has 0 N–H and O–H groups in total. The van der Waals surface area contributed by atoms with E-state index in [1.165, 1.54) is 6.07 Å². The minimum atomic E-state index is -0.416. The first-order valence-electron chi connectivity index (χ1n) is 2.53. The quantitative estimate of drug-likeness (QED) is 0.396. The van der Waals surface area contributed by atoms with Gasteiger partial charge in [0.05, 0.1) is 10.8 Å². The monoisotopic (exact) mass is 177 g/mol. The highest BCUT2D eigenvalue weighted by molar-refractivity contribution is 7.15. The fourth-order valence-electron chi connectivity index (χ4n) is 0.537. The molecule has 54 valence electrons. The summed E-state index contributed by atoms with van der Waals surface area (Å²) < 4.78 is 0. The zero-order chi connectivity index (χ0) is 7.56. The van der Waals surface area contributed by atoms with Crippen molar-refractivity contribution in [3.63, 3.8) is 0 Å². The van der Waals surface area contributed by atoms with Crippen LogP contribution in [0.5, 0.6) is 0 Å². The number of alkyl halides is 1. The van der Waals surface area contributed by atoms with Crippen molar-refractivity contribution in [3.8, 4) is 0 Å². The van der Waals surface area contributed by atoms with Crippen molar-refractivity contribution < 1.29 is 4.92 Å². The Kier molecular flexibility index (Phi) is 2.24. The van der Waals surface area contributed by atoms with Gasteiger partial charge in [0.15, 0.2) is 0 Å². The molecule has 0 aromatic carbocycles. The summed E-state index contributed by atoms with van der Waals surface area (Å²) in [6.07, 6.45) is 0. The molecule has 1 heterocycles. The minimum Gasteiger partial charge on any atom is -0.258 e. The molecule has 0 aliphatic carbocycles. The molecule has 1 aromatic rings. The molecule has 0 atom stereocenters. The normalized spacial score (nSPS) is 9.70. The summed E-state index contributed by atoms with van der Waals surface area (Å²) >= 11 is 6.54. The average Bonchev–Trinajstić information content (AvgIpc) is 2.34. The maximum absolute atomic E-state index is 10.1. The van der Waals surface area contributed by atoms with Crippen molar-refractivity contribution in [1.82, 2.24) is 0 Å². The Morgan fingerprint density at radius 1 is 1.70 bits per heavy atom. The lowest BCUT2D eigenvalue weighted by atomic mass is 10.5. The average molecular weight is 178 g/mol. The number of nitro groups is 1. The van der Waals surface area contributed by atoms with Gasteiger partial charge in [-0.05, 0) is 6.07 Å². The molecule has 0 aliphatic rings. The third kappa shape index (κ3) is 1.46. The lowest BCUT2D eigenvalue weighted by Crippen LogP contribution is -1.80. The SMILES string of the molecule is O=[N+]([O-])c1ccc(CCl)s1. The summed E-state index contributed by atoms with van der Waals surface area (Å²) in [7, 11) is 0. The fourth-order valence-corrected chi connectivity index (χ4v) is 1.46. The standard InChI is InChI=1S/C5H4ClNO2S/c6-3-4-1-2-5(10-4)7(8)9/h1-2H,3H2. The minimum absolute atomic E-state index is 0.149. The first-order valence-corrected chi connectivity index (χ1v) is 3.88. The summed E-state index contributed by atoms with van der Waals surface area (Å²) in [4.78, 5) is 10.5. The smallest absolute Gasteiger partial charge is 0.258 e. The van der Waals surface area contributed by atoms with Gasteiger partial charge in [-0.2, -0.15) is 0 Å². The van der Waals surface area contributed by atoms with Gasteiger partial charge in [0, 0.05) is 10.9 Å². The van der Waals surface area contributed by atoms with E-state index >= 15 is 0 Å². The zero-order valence-corrected chi connectivity index (χ0v) is 6.48. The Hall–Kier alpha value is -0.610. The van der Waals surface area contributed by atoms with Crippen LogP contribution in [0.4, 0.5) is 5.00 Å². The van der Waals surface area contributed by atoms with Gasteiger partial charge in [0.25, 0.3) is 0 Å². The highest BCUT2D eigenvalue weighted by atomic mass is 35.5. The van der Waals surface area contributed by atoms with Gasteiger partial charge in [-0.3, -0.25) is 10.1 Å². The molecular formula is C5H4ClNO2S. The molecule has 0 amide bonds. The van der Waals surface area contributed by atoms with Gasteiger partial charge in [0.1, 0.15) is 0 Å². The number of thiophene rings is 1. The summed E-state index contributed by atoms with van der Waals surface area (Å²) in [6.45, 7) is 0. The van der Waals surface area contributed by atoms with Gasteiger partial charge in [-0.15, -0.1) is 11.6 Å². The number of halogens is 1. The van der Waals surface area contributed by atoms with Crippen LogP contribution >= 0.6 is 22.9 Å². The van der Waals surface area contributed by atoms with Crippen molar-refractivity contribution >= 4 is 27.9 Å². The van der Waals surface area contributed by atoms with E-state index in [-0.39, 0.29) is 5.00 Å². The van der Waals surface area contributed by atoms with E-state index in [1.807, 2.05) is 0 Å². The summed E-state index contributed by atoms with van der Waals surface area (Å²) in [6, 6.07) is 3.12. The highest BCUT2D eigenvalue weighted by Crippen LogP contribution is 2.24. The first kappa shape index (κ1) is 7.50. The summed E-state index contributed by atoms with van der Waals surface area (Å²) in [5.41, 5.74) is 0. The molecule has 0 unspecified atom stereocenters. The van der Waals surface area contributed by atoms with Gasteiger partial charge in [-0.1, -0.05) is 11.3 Å². The molecule has 0 saturated carbocycles. The third-order valence-electron chi connectivity index (χ3n) is 0.959. The Labute approximate surface area is 66.4 Å². The van der Waals surface area contributed by atoms with Crippen LogP contribution in [0.15, 0.2) is 12.1 Å². The van der Waals surface area contributed by atoms with Gasteiger partial charge >= 0.3 is 5.00 Å². The number of hydrogen-bond donors (Lipinski definition) is 0. The van der Waals surface area contributed by atoms with Crippen LogP contribution in [0, 0.1) is 10.1 Å². The fraction of sp³-hybridized carbons (Fsp3) is 0.200. The number of nitrogens with zero attached hydrogens (tertiary/aromatic N) is 1. The lowest BCUT2D eigenvalue weighted by Gasteiger charge is -1.80. The third-order valence-corrected chi connectivity index (χ3v) is 2.44. The van der Waals surface area contributed by atoms with E-state index in [1.54, 1.807) is 6.07 Å². The second-order valence-electron chi connectivity index (χ2n) is 1.63. The Bertz CT molecular complexity index is 248. The van der Waals surface area contributed by atoms with Crippen LogP contribution in [0.3, 0.4) is 0 Å². The molecule has 0 radical (unpaired) electrons. The molecular weight excluding hydrogens is 174 g/mol. The molecule has 10 heavy (non-hydrogen) atoms. The predicted octanol–water partition coefficient (Wildman–Crippen LogP) is 2.40. The van der Waals surface area contributed by atoms with Gasteiger partial charge < -0.3 is 0 Å². The van der Waals surface area contributed by atoms with Crippen LogP contribution in [0.1, 0.15) is 4.88 Å². The van der Waals surface area contributed by atoms with E-state index < -0.39 is 4.92 Å². The first-order chi connectivity index (χ1) is 4.74. The topological polar surface area (TPSA) is 43.1 Å². The molecule has 0 spiro atoms. The largest absolute Gasteiger partial charge is 0.324 e. The maximum Gasteiger partial charge on any atom is 0.324 e. The van der Waals surface area contributed by atoms with Gasteiger partial charge in [0.2, 0.25) is 0 Å². The summed E-state index contributed by atoms with van der Waals surface area (Å²) in [5.74, 6) is 0.346. The molecule has 0 aliphatic heterocycles. The second-order valence-corrected chi connectivity index (χ2v) is 3.04. The van der Waals surface area contributed by atoms with Crippen LogP contribution in [-0.2, 0) is 5.88 Å². The Balaban J connectivity index is 2.88. The van der Waals surface area contributed by atoms with E-state index in [9.17, 15) is 10.1 Å². The maximum atomic E-state index is 10.1. The number of hydrogen-bond acceptors (Lipinski definition) is 3. The lowest BCUT2D eigenvalue weighted by molar-refractivity contribution is -0.380. The van der Waals surface area contributed by atoms with Crippen molar-refractivity contribution in [2.45, 2.75) is 5.88 Å². The second kappa shape index (κ2) is 2.98. The molecule has 0 fully saturated rings. The van der Waals surface area contributed by atoms with Crippen molar-refractivity contribution in [1.29, 1.82) is 0 Å². The predicted molar refractivity (Wildman–Crippen MR) is 40.5 cm³/mol.